The van der Waals surface area contributed by atoms with Gasteiger partial charge in [-0.15, -0.1) is 0 Å². The lowest BCUT2D eigenvalue weighted by atomic mass is 9.70. The first kappa shape index (κ1) is 26.1. The number of carbonyl (C=O) groups excluding carboxylic acids is 2. The summed E-state index contributed by atoms with van der Waals surface area (Å²) in [5.74, 6) is -0.346. The van der Waals surface area contributed by atoms with Gasteiger partial charge < -0.3 is 10.6 Å². The van der Waals surface area contributed by atoms with E-state index in [1.165, 1.54) is 6.08 Å². The Morgan fingerprint density at radius 3 is 2.47 bits per heavy atom. The second-order valence-corrected chi connectivity index (χ2v) is 12.1. The van der Waals surface area contributed by atoms with E-state index in [1.807, 2.05) is 24.3 Å². The largest absolute Gasteiger partial charge is 0.350 e. The Hall–Kier alpha value is -3.49. The van der Waals surface area contributed by atoms with Crippen molar-refractivity contribution in [2.45, 2.75) is 61.4 Å². The highest BCUT2D eigenvalue weighted by atomic mass is 32.2. The van der Waals surface area contributed by atoms with Crippen LogP contribution in [-0.4, -0.2) is 42.7 Å². The topological polar surface area (TPSA) is 95.6 Å². The van der Waals surface area contributed by atoms with Crippen LogP contribution in [-0.2, 0) is 26.0 Å². The van der Waals surface area contributed by atoms with Crippen molar-refractivity contribution in [1.82, 2.24) is 9.62 Å². The minimum atomic E-state index is -3.71. The fourth-order valence-electron chi connectivity index (χ4n) is 5.79. The average molecular weight is 532 g/mol. The van der Waals surface area contributed by atoms with Crippen molar-refractivity contribution in [2.24, 2.45) is 0 Å². The van der Waals surface area contributed by atoms with E-state index in [9.17, 15) is 18.0 Å². The van der Waals surface area contributed by atoms with Crippen molar-refractivity contribution in [3.05, 3.63) is 84.9 Å². The maximum Gasteiger partial charge on any atom is 0.243 e. The number of fused-ring (bicyclic) bond motifs is 1. The highest BCUT2D eigenvalue weighted by Gasteiger charge is 2.51. The molecule has 5 rings (SSSR count). The van der Waals surface area contributed by atoms with Crippen LogP contribution in [0.15, 0.2) is 84.3 Å². The van der Waals surface area contributed by atoms with E-state index >= 15 is 0 Å². The summed E-state index contributed by atoms with van der Waals surface area (Å²) in [7, 11) is -3.71. The second-order valence-electron chi connectivity index (χ2n) is 10.3. The highest BCUT2D eigenvalue weighted by Crippen LogP contribution is 2.47. The van der Waals surface area contributed by atoms with E-state index in [2.05, 4.69) is 35.4 Å². The molecule has 1 aliphatic carbocycles. The zero-order valence-electron chi connectivity index (χ0n) is 21.4. The van der Waals surface area contributed by atoms with Crippen LogP contribution in [0, 0.1) is 0 Å². The van der Waals surface area contributed by atoms with Gasteiger partial charge in [0.05, 0.1) is 4.90 Å². The number of hydrogen-bond acceptors (Lipinski definition) is 4. The van der Waals surface area contributed by atoms with E-state index in [0.29, 0.717) is 37.9 Å². The van der Waals surface area contributed by atoms with Gasteiger partial charge >= 0.3 is 0 Å². The number of aryl methyl sites for hydroxylation is 1. The molecule has 1 atom stereocenters. The van der Waals surface area contributed by atoms with E-state index in [4.69, 9.17) is 0 Å². The van der Waals surface area contributed by atoms with E-state index in [-0.39, 0.29) is 22.8 Å². The average Bonchev–Trinajstić information content (AvgIpc) is 2.91. The third kappa shape index (κ3) is 5.24. The third-order valence-corrected chi connectivity index (χ3v) is 9.90. The van der Waals surface area contributed by atoms with Gasteiger partial charge in [0.25, 0.3) is 0 Å². The minimum absolute atomic E-state index is 0.0567. The van der Waals surface area contributed by atoms with E-state index in [1.54, 1.807) is 28.6 Å². The molecule has 1 spiro atoms. The lowest BCUT2D eigenvalue weighted by molar-refractivity contribution is -0.118. The first-order valence-corrected chi connectivity index (χ1v) is 14.6. The van der Waals surface area contributed by atoms with Crippen molar-refractivity contribution < 1.29 is 18.0 Å². The number of anilines is 1. The fourth-order valence-corrected chi connectivity index (χ4v) is 7.64. The molecule has 38 heavy (non-hydrogen) atoms. The first-order chi connectivity index (χ1) is 18.3. The Morgan fingerprint density at radius 1 is 1.03 bits per heavy atom. The summed E-state index contributed by atoms with van der Waals surface area (Å²) >= 11 is 0. The van der Waals surface area contributed by atoms with Crippen LogP contribution in [0.2, 0.25) is 0 Å². The van der Waals surface area contributed by atoms with Crippen LogP contribution in [0.4, 0.5) is 5.69 Å². The van der Waals surface area contributed by atoms with Crippen molar-refractivity contribution in [3.63, 3.8) is 0 Å². The van der Waals surface area contributed by atoms with Crippen LogP contribution >= 0.6 is 0 Å². The number of nitrogens with zero attached hydrogens (tertiary/aromatic N) is 1. The molecule has 3 aromatic carbocycles. The minimum Gasteiger partial charge on any atom is -0.350 e. The number of sulfonamides is 1. The number of benzene rings is 3. The van der Waals surface area contributed by atoms with Gasteiger partial charge in [0.15, 0.2) is 0 Å². The summed E-state index contributed by atoms with van der Waals surface area (Å²) in [6.45, 7) is 3.86. The van der Waals surface area contributed by atoms with Gasteiger partial charge in [-0.2, -0.15) is 4.31 Å². The number of carbonyl (C=O) groups is 2. The van der Waals surface area contributed by atoms with Crippen molar-refractivity contribution >= 4 is 38.3 Å². The molecule has 8 heteroatoms. The molecule has 2 fully saturated rings. The molecule has 2 amide bonds. The molecule has 198 valence electrons. The van der Waals surface area contributed by atoms with Crippen LogP contribution in [0.3, 0.4) is 0 Å². The van der Waals surface area contributed by atoms with Gasteiger partial charge in [-0.1, -0.05) is 49.0 Å². The predicted octanol–water partition coefficient (Wildman–Crippen LogP) is 4.79. The highest BCUT2D eigenvalue weighted by molar-refractivity contribution is 7.89. The molecular formula is C30H33N3O4S. The molecule has 1 aliphatic heterocycles. The number of amides is 2. The molecule has 0 radical (unpaired) electrons. The lowest BCUT2D eigenvalue weighted by Gasteiger charge is -2.54. The molecule has 2 N–H and O–H groups in total. The fraction of sp³-hybridized carbons (Fsp3) is 0.333. The van der Waals surface area contributed by atoms with Crippen LogP contribution in [0.25, 0.3) is 10.8 Å². The lowest BCUT2D eigenvalue weighted by Crippen LogP contribution is -2.63. The molecule has 1 saturated carbocycles. The smallest absolute Gasteiger partial charge is 0.243 e. The molecule has 2 aliphatic rings. The summed E-state index contributed by atoms with van der Waals surface area (Å²) < 4.78 is 28.9. The summed E-state index contributed by atoms with van der Waals surface area (Å²) in [6.07, 6.45) is 5.91. The van der Waals surface area contributed by atoms with Crippen LogP contribution < -0.4 is 10.6 Å². The maximum atomic E-state index is 13.6. The summed E-state index contributed by atoms with van der Waals surface area (Å²) in [5.41, 5.74) is 1.23. The summed E-state index contributed by atoms with van der Waals surface area (Å²) in [4.78, 5) is 24.6. The molecule has 7 nitrogen and oxygen atoms in total. The van der Waals surface area contributed by atoms with Gasteiger partial charge in [0, 0.05) is 30.2 Å². The Bertz CT molecular complexity index is 1460. The molecule has 0 aromatic heterocycles. The van der Waals surface area contributed by atoms with Gasteiger partial charge in [0.2, 0.25) is 21.8 Å². The van der Waals surface area contributed by atoms with Crippen molar-refractivity contribution in [1.29, 1.82) is 0 Å². The van der Waals surface area contributed by atoms with Crippen LogP contribution in [0.5, 0.6) is 0 Å². The second kappa shape index (κ2) is 10.7. The van der Waals surface area contributed by atoms with Crippen LogP contribution in [0.1, 0.15) is 44.1 Å². The van der Waals surface area contributed by atoms with Gasteiger partial charge in [0.1, 0.15) is 0 Å². The van der Waals surface area contributed by atoms with Gasteiger partial charge in [-0.05, 0) is 85.2 Å². The monoisotopic (exact) mass is 531 g/mol. The molecule has 1 saturated heterocycles. The quantitative estimate of drug-likeness (QED) is 0.409. The van der Waals surface area contributed by atoms with E-state index < -0.39 is 15.6 Å². The first-order valence-electron chi connectivity index (χ1n) is 13.1. The number of piperidine rings is 1. The number of hydrogen-bond donors (Lipinski definition) is 2. The molecular weight excluding hydrogens is 498 g/mol. The zero-order valence-corrected chi connectivity index (χ0v) is 22.2. The SMILES string of the molecule is C=CC(=O)NC1CCN(S(=O)(=O)c2ccc(NC(=O)CCc3cccc4ccccc34)cc2)C2(CCC2)C1. The van der Waals surface area contributed by atoms with Gasteiger partial charge in [-0.3, -0.25) is 9.59 Å². The Kier molecular flexibility index (Phi) is 7.36. The summed E-state index contributed by atoms with van der Waals surface area (Å²) in [5, 5.41) is 8.13. The zero-order chi connectivity index (χ0) is 26.8. The Balaban J connectivity index is 1.22. The Morgan fingerprint density at radius 2 is 1.76 bits per heavy atom. The van der Waals surface area contributed by atoms with Crippen molar-refractivity contribution in [2.75, 3.05) is 11.9 Å². The predicted molar refractivity (Wildman–Crippen MR) is 149 cm³/mol. The van der Waals surface area contributed by atoms with Crippen molar-refractivity contribution in [3.8, 4) is 0 Å². The van der Waals surface area contributed by atoms with E-state index in [0.717, 1.165) is 35.6 Å². The standard InChI is InChI=1S/C30H33N3O4S/c1-2-28(34)32-25-17-20-33(30(21-25)18-6-19-30)38(36,37)26-14-12-24(13-15-26)31-29(35)16-11-23-9-5-8-22-7-3-4-10-27(22)23/h2-5,7-10,12-15,25H,1,6,11,16-21H2,(H,31,35)(H,32,34). The molecule has 3 aromatic rings. The summed E-state index contributed by atoms with van der Waals surface area (Å²) in [6, 6.07) is 20.6. The third-order valence-electron chi connectivity index (χ3n) is 7.88. The maximum absolute atomic E-state index is 13.6. The normalized spacial score (nSPS) is 19.0. The van der Waals surface area contributed by atoms with Gasteiger partial charge in [-0.25, -0.2) is 8.42 Å². The molecule has 1 unspecified atom stereocenters. The Labute approximate surface area is 224 Å². The molecule has 0 bridgehead atoms. The number of rotatable bonds is 8. The number of nitrogens with one attached hydrogen (secondary N) is 2. The molecule has 1 heterocycles.